The second-order valence-corrected chi connectivity index (χ2v) is 4.86. The minimum absolute atomic E-state index is 0.478. The maximum atomic E-state index is 3.40. The average molecular weight is 226 g/mol. The topological polar surface area (TPSA) is 12.0 Å². The van der Waals surface area contributed by atoms with Crippen molar-refractivity contribution in [3.63, 3.8) is 0 Å². The predicted octanol–water partition coefficient (Wildman–Crippen LogP) is 4.44. The summed E-state index contributed by atoms with van der Waals surface area (Å²) in [7, 11) is 0. The van der Waals surface area contributed by atoms with Crippen molar-refractivity contribution in [3.05, 3.63) is 54.0 Å². The molecular formula is C16H20N. The van der Waals surface area contributed by atoms with Gasteiger partial charge in [-0.15, -0.1) is 0 Å². The standard InChI is InChI=1S/C16H20N/c1-12(2)17-16-9-7-14(8-10-16)15-6-4-5-13(3)11-15/h5-12,17H,4H2,1-3H3. The van der Waals surface area contributed by atoms with Gasteiger partial charge in [0.1, 0.15) is 0 Å². The van der Waals surface area contributed by atoms with Crippen LogP contribution in [0.5, 0.6) is 0 Å². The van der Waals surface area contributed by atoms with E-state index in [1.165, 1.54) is 22.4 Å². The lowest BCUT2D eigenvalue weighted by Crippen LogP contribution is -2.09. The van der Waals surface area contributed by atoms with E-state index in [0.717, 1.165) is 6.42 Å². The summed E-state index contributed by atoms with van der Waals surface area (Å²) < 4.78 is 0. The molecule has 17 heavy (non-hydrogen) atoms. The SMILES string of the molecule is CC1=CC[CH]C(c2ccc(NC(C)C)cc2)=C1. The molecule has 89 valence electrons. The molecule has 1 heteroatoms. The summed E-state index contributed by atoms with van der Waals surface area (Å²) in [5, 5.41) is 3.40. The van der Waals surface area contributed by atoms with Gasteiger partial charge in [-0.3, -0.25) is 0 Å². The van der Waals surface area contributed by atoms with Crippen LogP contribution in [-0.4, -0.2) is 6.04 Å². The first-order valence-corrected chi connectivity index (χ1v) is 6.24. The van der Waals surface area contributed by atoms with Crippen LogP contribution in [0.2, 0.25) is 0 Å². The third-order valence-electron chi connectivity index (χ3n) is 2.83. The highest BCUT2D eigenvalue weighted by molar-refractivity contribution is 5.76. The van der Waals surface area contributed by atoms with Crippen LogP contribution in [0.15, 0.2) is 42.0 Å². The van der Waals surface area contributed by atoms with Crippen molar-refractivity contribution < 1.29 is 0 Å². The summed E-state index contributed by atoms with van der Waals surface area (Å²) in [6.45, 7) is 6.46. The van der Waals surface area contributed by atoms with Crippen molar-refractivity contribution in [2.24, 2.45) is 0 Å². The third-order valence-corrected chi connectivity index (χ3v) is 2.83. The van der Waals surface area contributed by atoms with Gasteiger partial charge in [-0.25, -0.2) is 0 Å². The fourth-order valence-corrected chi connectivity index (χ4v) is 2.03. The first-order valence-electron chi connectivity index (χ1n) is 6.24. The Labute approximate surface area is 104 Å². The van der Waals surface area contributed by atoms with Crippen LogP contribution in [0.3, 0.4) is 0 Å². The number of hydrogen-bond donors (Lipinski definition) is 1. The lowest BCUT2D eigenvalue weighted by Gasteiger charge is -2.14. The Bertz CT molecular complexity index is 435. The van der Waals surface area contributed by atoms with Crippen molar-refractivity contribution >= 4 is 11.3 Å². The molecule has 0 aromatic heterocycles. The smallest absolute Gasteiger partial charge is 0.0342 e. The fraction of sp³-hybridized carbons (Fsp3) is 0.312. The zero-order valence-electron chi connectivity index (χ0n) is 10.8. The summed E-state index contributed by atoms with van der Waals surface area (Å²) in [6, 6.07) is 9.15. The van der Waals surface area contributed by atoms with Gasteiger partial charge >= 0.3 is 0 Å². The van der Waals surface area contributed by atoms with Gasteiger partial charge in [0, 0.05) is 11.7 Å². The summed E-state index contributed by atoms with van der Waals surface area (Å²) in [5.41, 5.74) is 5.17. The van der Waals surface area contributed by atoms with Crippen molar-refractivity contribution in [2.45, 2.75) is 33.2 Å². The molecule has 1 radical (unpaired) electrons. The third kappa shape index (κ3) is 3.23. The maximum absolute atomic E-state index is 3.40. The van der Waals surface area contributed by atoms with E-state index in [1.54, 1.807) is 0 Å². The lowest BCUT2D eigenvalue weighted by molar-refractivity contribution is 0.900. The number of anilines is 1. The molecule has 0 spiro atoms. The summed E-state index contributed by atoms with van der Waals surface area (Å²) in [6.07, 6.45) is 7.81. The zero-order chi connectivity index (χ0) is 12.3. The van der Waals surface area contributed by atoms with E-state index in [2.05, 4.69) is 68.9 Å². The fourth-order valence-electron chi connectivity index (χ4n) is 2.03. The van der Waals surface area contributed by atoms with Gasteiger partial charge in [0.05, 0.1) is 0 Å². The monoisotopic (exact) mass is 226 g/mol. The van der Waals surface area contributed by atoms with Gasteiger partial charge in [0.2, 0.25) is 0 Å². The van der Waals surface area contributed by atoms with Gasteiger partial charge in [-0.05, 0) is 56.9 Å². The molecule has 0 heterocycles. The number of benzene rings is 1. The van der Waals surface area contributed by atoms with Gasteiger partial charge in [-0.1, -0.05) is 29.9 Å². The number of nitrogens with one attached hydrogen (secondary N) is 1. The highest BCUT2D eigenvalue weighted by Gasteiger charge is 2.06. The van der Waals surface area contributed by atoms with Crippen molar-refractivity contribution in [2.75, 3.05) is 5.32 Å². The normalized spacial score (nSPS) is 15.5. The molecule has 0 unspecified atom stereocenters. The maximum Gasteiger partial charge on any atom is 0.0342 e. The quantitative estimate of drug-likeness (QED) is 0.803. The molecule has 0 fully saturated rings. The van der Waals surface area contributed by atoms with E-state index in [1.807, 2.05) is 0 Å². The number of rotatable bonds is 3. The minimum atomic E-state index is 0.478. The first kappa shape index (κ1) is 12.0. The van der Waals surface area contributed by atoms with Crippen molar-refractivity contribution in [1.29, 1.82) is 0 Å². The molecule has 1 aromatic rings. The van der Waals surface area contributed by atoms with E-state index in [4.69, 9.17) is 0 Å². The lowest BCUT2D eigenvalue weighted by atomic mass is 9.94. The Morgan fingerprint density at radius 3 is 2.41 bits per heavy atom. The Balaban J connectivity index is 2.15. The zero-order valence-corrected chi connectivity index (χ0v) is 10.8. The summed E-state index contributed by atoms with van der Waals surface area (Å²) in [5.74, 6) is 0. The van der Waals surface area contributed by atoms with Crippen LogP contribution in [0.25, 0.3) is 5.57 Å². The van der Waals surface area contributed by atoms with E-state index < -0.39 is 0 Å². The average Bonchev–Trinajstić information content (AvgIpc) is 2.29. The van der Waals surface area contributed by atoms with Gasteiger partial charge in [-0.2, -0.15) is 0 Å². The summed E-state index contributed by atoms with van der Waals surface area (Å²) >= 11 is 0. The van der Waals surface area contributed by atoms with Gasteiger partial charge < -0.3 is 5.32 Å². The minimum Gasteiger partial charge on any atom is -0.383 e. The largest absolute Gasteiger partial charge is 0.383 e. The molecule has 0 aliphatic heterocycles. The Morgan fingerprint density at radius 1 is 1.12 bits per heavy atom. The molecule has 0 amide bonds. The predicted molar refractivity (Wildman–Crippen MR) is 75.9 cm³/mol. The molecule has 2 rings (SSSR count). The molecule has 0 bridgehead atoms. The molecule has 1 N–H and O–H groups in total. The van der Waals surface area contributed by atoms with E-state index >= 15 is 0 Å². The highest BCUT2D eigenvalue weighted by atomic mass is 14.9. The highest BCUT2D eigenvalue weighted by Crippen LogP contribution is 2.26. The van der Waals surface area contributed by atoms with Crippen LogP contribution in [0, 0.1) is 6.42 Å². The van der Waals surface area contributed by atoms with Crippen LogP contribution < -0.4 is 5.32 Å². The van der Waals surface area contributed by atoms with Gasteiger partial charge in [0.25, 0.3) is 0 Å². The van der Waals surface area contributed by atoms with Crippen LogP contribution in [0.1, 0.15) is 32.8 Å². The molecule has 1 nitrogen and oxygen atoms in total. The molecule has 0 saturated carbocycles. The molecule has 0 atom stereocenters. The van der Waals surface area contributed by atoms with Crippen molar-refractivity contribution in [1.82, 2.24) is 0 Å². The molecule has 1 aromatic carbocycles. The van der Waals surface area contributed by atoms with Gasteiger partial charge in [0.15, 0.2) is 0 Å². The van der Waals surface area contributed by atoms with Crippen molar-refractivity contribution in [3.8, 4) is 0 Å². The molecular weight excluding hydrogens is 206 g/mol. The second-order valence-electron chi connectivity index (χ2n) is 4.86. The Kier molecular flexibility index (Phi) is 3.68. The van der Waals surface area contributed by atoms with E-state index in [0.29, 0.717) is 6.04 Å². The second kappa shape index (κ2) is 5.22. The van der Waals surface area contributed by atoms with Crippen LogP contribution >= 0.6 is 0 Å². The molecule has 1 aliphatic carbocycles. The van der Waals surface area contributed by atoms with Crippen LogP contribution in [-0.2, 0) is 0 Å². The Morgan fingerprint density at radius 2 is 1.82 bits per heavy atom. The molecule has 1 aliphatic rings. The van der Waals surface area contributed by atoms with E-state index in [-0.39, 0.29) is 0 Å². The summed E-state index contributed by atoms with van der Waals surface area (Å²) in [4.78, 5) is 0. The van der Waals surface area contributed by atoms with Crippen LogP contribution in [0.4, 0.5) is 5.69 Å². The molecule has 0 saturated heterocycles. The number of allylic oxidation sites excluding steroid dienone is 4. The number of hydrogen-bond acceptors (Lipinski definition) is 1. The Hall–Kier alpha value is -1.50. The first-order chi connectivity index (χ1) is 8.15. The van der Waals surface area contributed by atoms with E-state index in [9.17, 15) is 0 Å².